The molecule has 1 aliphatic rings. The second-order valence-electron chi connectivity index (χ2n) is 7.97. The Morgan fingerprint density at radius 2 is 1.96 bits per heavy atom. The fourth-order valence-corrected chi connectivity index (χ4v) is 3.14. The van der Waals surface area contributed by atoms with Crippen molar-refractivity contribution in [3.05, 3.63) is 52.8 Å². The molecule has 0 aliphatic carbocycles. The largest absolute Gasteiger partial charge is 0.495 e. The molecule has 0 radical (unpaired) electrons. The third-order valence-corrected chi connectivity index (χ3v) is 4.51. The van der Waals surface area contributed by atoms with Gasteiger partial charge < -0.3 is 19.1 Å². The van der Waals surface area contributed by atoms with E-state index in [0.29, 0.717) is 19.7 Å². The normalized spacial score (nSPS) is 13.7. The van der Waals surface area contributed by atoms with E-state index in [0.717, 1.165) is 34.9 Å². The van der Waals surface area contributed by atoms with Crippen molar-refractivity contribution in [3.8, 4) is 11.5 Å². The van der Waals surface area contributed by atoms with Gasteiger partial charge in [0.1, 0.15) is 29.4 Å². The van der Waals surface area contributed by atoms with Crippen molar-refractivity contribution < 1.29 is 19.0 Å². The van der Waals surface area contributed by atoms with Crippen molar-refractivity contribution in [1.29, 1.82) is 0 Å². The SMILES string of the molecule is COc1ccc(C)nc1COc1ccc2c(c1)CCN(C(=O)OC(C)(C)C)C2. The molecular formula is C22H28N2O4. The highest BCUT2D eigenvalue weighted by Gasteiger charge is 2.25. The molecule has 1 amide bonds. The summed E-state index contributed by atoms with van der Waals surface area (Å²) in [5.41, 5.74) is 3.53. The maximum absolute atomic E-state index is 12.3. The molecule has 0 unspecified atom stereocenters. The Morgan fingerprint density at radius 3 is 2.68 bits per heavy atom. The van der Waals surface area contributed by atoms with Gasteiger partial charge in [0.2, 0.25) is 0 Å². The molecule has 0 bridgehead atoms. The van der Waals surface area contributed by atoms with Gasteiger partial charge in [0.25, 0.3) is 0 Å². The van der Waals surface area contributed by atoms with Crippen molar-refractivity contribution in [3.63, 3.8) is 0 Å². The van der Waals surface area contributed by atoms with Gasteiger partial charge >= 0.3 is 6.09 Å². The molecule has 6 heteroatoms. The zero-order valence-corrected chi connectivity index (χ0v) is 17.2. The van der Waals surface area contributed by atoms with E-state index >= 15 is 0 Å². The van der Waals surface area contributed by atoms with Crippen LogP contribution in [0.4, 0.5) is 4.79 Å². The number of benzene rings is 1. The highest BCUT2D eigenvalue weighted by Crippen LogP contribution is 2.26. The summed E-state index contributed by atoms with van der Waals surface area (Å²) in [6.45, 7) is 9.11. The highest BCUT2D eigenvalue weighted by atomic mass is 16.6. The van der Waals surface area contributed by atoms with Gasteiger partial charge in [-0.1, -0.05) is 6.07 Å². The number of amides is 1. The first-order valence-corrected chi connectivity index (χ1v) is 9.48. The number of nitrogens with zero attached hydrogens (tertiary/aromatic N) is 2. The van der Waals surface area contributed by atoms with Crippen LogP contribution in [-0.2, 0) is 24.3 Å². The lowest BCUT2D eigenvalue weighted by Gasteiger charge is -2.31. The number of hydrogen-bond acceptors (Lipinski definition) is 5. The fourth-order valence-electron chi connectivity index (χ4n) is 3.14. The Bertz CT molecular complexity index is 858. The Hall–Kier alpha value is -2.76. The van der Waals surface area contributed by atoms with E-state index in [1.54, 1.807) is 12.0 Å². The topological polar surface area (TPSA) is 60.9 Å². The van der Waals surface area contributed by atoms with Crippen molar-refractivity contribution in [2.75, 3.05) is 13.7 Å². The first-order valence-electron chi connectivity index (χ1n) is 9.48. The van der Waals surface area contributed by atoms with Crippen LogP contribution >= 0.6 is 0 Å². The molecular weight excluding hydrogens is 356 g/mol. The Morgan fingerprint density at radius 1 is 1.18 bits per heavy atom. The van der Waals surface area contributed by atoms with Crippen molar-refractivity contribution in [1.82, 2.24) is 9.88 Å². The third kappa shape index (κ3) is 4.94. The maximum atomic E-state index is 12.3. The molecule has 0 spiro atoms. The molecule has 1 aromatic heterocycles. The number of aromatic nitrogens is 1. The molecule has 1 aliphatic heterocycles. The van der Waals surface area contributed by atoms with Crippen LogP contribution in [0.15, 0.2) is 30.3 Å². The van der Waals surface area contributed by atoms with E-state index in [2.05, 4.69) is 4.98 Å². The number of aryl methyl sites for hydroxylation is 1. The zero-order valence-electron chi connectivity index (χ0n) is 17.2. The number of carbonyl (C=O) groups is 1. The van der Waals surface area contributed by atoms with Gasteiger partial charge in [0.15, 0.2) is 0 Å². The predicted octanol–water partition coefficient (Wildman–Crippen LogP) is 4.27. The van der Waals surface area contributed by atoms with Crippen molar-refractivity contribution in [2.24, 2.45) is 0 Å². The molecule has 0 saturated heterocycles. The van der Waals surface area contributed by atoms with Crippen LogP contribution in [0, 0.1) is 6.92 Å². The number of pyridine rings is 1. The standard InChI is InChI=1S/C22H28N2O4/c1-15-6-9-20(26-5)19(23-15)14-27-18-8-7-17-13-24(11-10-16(17)12-18)21(25)28-22(2,3)4/h6-9,12H,10-11,13-14H2,1-5H3. The number of rotatable bonds is 4. The van der Waals surface area contributed by atoms with Gasteiger partial charge in [-0.3, -0.25) is 4.98 Å². The number of hydrogen-bond donors (Lipinski definition) is 0. The van der Waals surface area contributed by atoms with E-state index in [1.165, 1.54) is 5.56 Å². The molecule has 2 aromatic rings. The Balaban J connectivity index is 1.65. The summed E-state index contributed by atoms with van der Waals surface area (Å²) in [5, 5.41) is 0. The Kier molecular flexibility index (Phi) is 5.77. The zero-order chi connectivity index (χ0) is 20.3. The molecule has 2 heterocycles. The lowest BCUT2D eigenvalue weighted by molar-refractivity contribution is 0.0224. The summed E-state index contributed by atoms with van der Waals surface area (Å²) < 4.78 is 16.8. The van der Waals surface area contributed by atoms with E-state index in [4.69, 9.17) is 14.2 Å². The average molecular weight is 384 g/mol. The van der Waals surface area contributed by atoms with Crippen LogP contribution in [0.5, 0.6) is 11.5 Å². The van der Waals surface area contributed by atoms with E-state index in [-0.39, 0.29) is 6.09 Å². The second kappa shape index (κ2) is 8.09. The highest BCUT2D eigenvalue weighted by molar-refractivity contribution is 5.68. The summed E-state index contributed by atoms with van der Waals surface area (Å²) >= 11 is 0. The molecule has 0 N–H and O–H groups in total. The molecule has 1 aromatic carbocycles. The lowest BCUT2D eigenvalue weighted by atomic mass is 10.00. The first kappa shape index (κ1) is 20.0. The van der Waals surface area contributed by atoms with Gasteiger partial charge in [-0.25, -0.2) is 4.79 Å². The summed E-state index contributed by atoms with van der Waals surface area (Å²) in [7, 11) is 1.63. The smallest absolute Gasteiger partial charge is 0.410 e. The fraction of sp³-hybridized carbons (Fsp3) is 0.455. The minimum atomic E-state index is -0.486. The third-order valence-electron chi connectivity index (χ3n) is 4.51. The number of methoxy groups -OCH3 is 1. The molecule has 28 heavy (non-hydrogen) atoms. The van der Waals surface area contributed by atoms with E-state index in [9.17, 15) is 4.79 Å². The summed E-state index contributed by atoms with van der Waals surface area (Å²) in [6.07, 6.45) is 0.508. The molecule has 6 nitrogen and oxygen atoms in total. The van der Waals surface area contributed by atoms with Gasteiger partial charge in [-0.2, -0.15) is 0 Å². The Labute approximate surface area is 166 Å². The van der Waals surface area contributed by atoms with Crippen molar-refractivity contribution >= 4 is 6.09 Å². The molecule has 150 valence electrons. The van der Waals surface area contributed by atoms with Gasteiger partial charge in [-0.15, -0.1) is 0 Å². The summed E-state index contributed by atoms with van der Waals surface area (Å²) in [4.78, 5) is 18.5. The maximum Gasteiger partial charge on any atom is 0.410 e. The monoisotopic (exact) mass is 384 g/mol. The second-order valence-corrected chi connectivity index (χ2v) is 7.97. The number of fused-ring (bicyclic) bond motifs is 1. The molecule has 0 fully saturated rings. The minimum Gasteiger partial charge on any atom is -0.495 e. The van der Waals surface area contributed by atoms with E-state index < -0.39 is 5.60 Å². The first-order chi connectivity index (χ1) is 13.2. The predicted molar refractivity (Wildman–Crippen MR) is 107 cm³/mol. The number of carbonyl (C=O) groups excluding carboxylic acids is 1. The van der Waals surface area contributed by atoms with Crippen LogP contribution in [0.1, 0.15) is 43.3 Å². The lowest BCUT2D eigenvalue weighted by Crippen LogP contribution is -2.39. The van der Waals surface area contributed by atoms with Crippen LogP contribution in [-0.4, -0.2) is 35.2 Å². The van der Waals surface area contributed by atoms with Crippen molar-refractivity contribution in [2.45, 2.75) is 52.9 Å². The summed E-state index contributed by atoms with van der Waals surface area (Å²) in [5.74, 6) is 1.51. The van der Waals surface area contributed by atoms with Gasteiger partial charge in [0, 0.05) is 18.8 Å². The molecule has 0 atom stereocenters. The van der Waals surface area contributed by atoms with Gasteiger partial charge in [0.05, 0.1) is 7.11 Å². The molecule has 3 rings (SSSR count). The van der Waals surface area contributed by atoms with Crippen LogP contribution in [0.25, 0.3) is 0 Å². The molecule has 0 saturated carbocycles. The van der Waals surface area contributed by atoms with Crippen LogP contribution < -0.4 is 9.47 Å². The average Bonchev–Trinajstić information content (AvgIpc) is 2.64. The minimum absolute atomic E-state index is 0.268. The van der Waals surface area contributed by atoms with Gasteiger partial charge in [-0.05, 0) is 69.5 Å². The van der Waals surface area contributed by atoms with Crippen LogP contribution in [0.3, 0.4) is 0 Å². The van der Waals surface area contributed by atoms with E-state index in [1.807, 2.05) is 58.0 Å². The number of ether oxygens (including phenoxy) is 3. The summed E-state index contributed by atoms with van der Waals surface area (Å²) in [6, 6.07) is 9.81. The quantitative estimate of drug-likeness (QED) is 0.788. The van der Waals surface area contributed by atoms with Crippen LogP contribution in [0.2, 0.25) is 0 Å².